The molecule has 16 heavy (non-hydrogen) atoms. The number of hydrogen-bond acceptors (Lipinski definition) is 4. The fraction of sp³-hybridized carbons (Fsp3) is 0.500. The van der Waals surface area contributed by atoms with Crippen molar-refractivity contribution in [2.24, 2.45) is 7.05 Å². The first-order valence-corrected chi connectivity index (χ1v) is 6.25. The summed E-state index contributed by atoms with van der Waals surface area (Å²) in [6.07, 6.45) is 2.84. The van der Waals surface area contributed by atoms with Gasteiger partial charge in [0.15, 0.2) is 0 Å². The Morgan fingerprint density at radius 3 is 2.81 bits per heavy atom. The van der Waals surface area contributed by atoms with Crippen molar-refractivity contribution in [1.82, 2.24) is 9.78 Å². The van der Waals surface area contributed by atoms with Crippen LogP contribution in [0.5, 0.6) is 0 Å². The maximum atomic E-state index is 11.4. The fourth-order valence-electron chi connectivity index (χ4n) is 1.12. The van der Waals surface area contributed by atoms with Crippen LogP contribution < -0.4 is 4.72 Å². The highest BCUT2D eigenvalue weighted by molar-refractivity contribution is 7.92. The topological polar surface area (TPSA) is 101 Å². The second-order valence-electron chi connectivity index (χ2n) is 3.32. The summed E-state index contributed by atoms with van der Waals surface area (Å²) < 4.78 is 26.7. The molecule has 1 aromatic heterocycles. The molecular formula is C8H13N3O4S. The van der Waals surface area contributed by atoms with Crippen molar-refractivity contribution >= 4 is 21.7 Å². The number of carboxylic acid groups (broad SMARTS) is 1. The lowest BCUT2D eigenvalue weighted by atomic mass is 10.3. The Morgan fingerprint density at radius 1 is 1.62 bits per heavy atom. The van der Waals surface area contributed by atoms with Gasteiger partial charge in [0.05, 0.1) is 17.6 Å². The quantitative estimate of drug-likeness (QED) is 0.738. The highest BCUT2D eigenvalue weighted by Gasteiger charge is 2.12. The molecular weight excluding hydrogens is 234 g/mol. The summed E-state index contributed by atoms with van der Waals surface area (Å²) in [7, 11) is -1.81. The molecule has 0 aliphatic heterocycles. The SMILES string of the molecule is Cn1cc(NS(=O)(=O)CCCC(=O)O)cn1. The van der Waals surface area contributed by atoms with Crippen LogP contribution in [-0.4, -0.2) is 35.0 Å². The van der Waals surface area contributed by atoms with Gasteiger partial charge in [0, 0.05) is 19.7 Å². The van der Waals surface area contributed by atoms with E-state index in [2.05, 4.69) is 9.82 Å². The number of aryl methyl sites for hydroxylation is 1. The minimum absolute atomic E-state index is 0.0882. The molecule has 0 fully saturated rings. The van der Waals surface area contributed by atoms with Crippen molar-refractivity contribution in [1.29, 1.82) is 0 Å². The van der Waals surface area contributed by atoms with Crippen LogP contribution in [0.15, 0.2) is 12.4 Å². The summed E-state index contributed by atoms with van der Waals surface area (Å²) in [4.78, 5) is 10.2. The zero-order valence-electron chi connectivity index (χ0n) is 8.75. The monoisotopic (exact) mass is 247 g/mol. The van der Waals surface area contributed by atoms with Crippen molar-refractivity contribution < 1.29 is 18.3 Å². The number of aliphatic carboxylic acids is 1. The van der Waals surface area contributed by atoms with Crippen LogP contribution in [0.1, 0.15) is 12.8 Å². The molecule has 1 aromatic rings. The molecule has 2 N–H and O–H groups in total. The zero-order valence-corrected chi connectivity index (χ0v) is 9.57. The van der Waals surface area contributed by atoms with Crippen molar-refractivity contribution in [2.45, 2.75) is 12.8 Å². The number of carbonyl (C=O) groups is 1. The third-order valence-electron chi connectivity index (χ3n) is 1.78. The molecule has 0 saturated heterocycles. The molecule has 0 aliphatic carbocycles. The first-order chi connectivity index (χ1) is 7.39. The van der Waals surface area contributed by atoms with Crippen molar-refractivity contribution in [3.05, 3.63) is 12.4 Å². The molecule has 7 nitrogen and oxygen atoms in total. The zero-order chi connectivity index (χ0) is 12.2. The normalized spacial score (nSPS) is 11.3. The highest BCUT2D eigenvalue weighted by Crippen LogP contribution is 2.07. The molecule has 1 rings (SSSR count). The van der Waals surface area contributed by atoms with Crippen LogP contribution in [0, 0.1) is 0 Å². The molecule has 0 unspecified atom stereocenters. The summed E-state index contributed by atoms with van der Waals surface area (Å²) in [5.74, 6) is -1.22. The standard InChI is InChI=1S/C8H13N3O4S/c1-11-6-7(5-9-11)10-16(14,15)4-2-3-8(12)13/h5-6,10H,2-4H2,1H3,(H,12,13). The lowest BCUT2D eigenvalue weighted by Gasteiger charge is -2.04. The van der Waals surface area contributed by atoms with E-state index in [1.165, 1.54) is 17.1 Å². The van der Waals surface area contributed by atoms with E-state index >= 15 is 0 Å². The smallest absolute Gasteiger partial charge is 0.303 e. The third kappa shape index (κ3) is 4.30. The van der Waals surface area contributed by atoms with Gasteiger partial charge in [-0.1, -0.05) is 0 Å². The van der Waals surface area contributed by atoms with Crippen LogP contribution in [-0.2, 0) is 21.9 Å². The predicted octanol–water partition coefficient (Wildman–Crippen LogP) is 0.0266. The van der Waals surface area contributed by atoms with Gasteiger partial charge in [0.1, 0.15) is 0 Å². The van der Waals surface area contributed by atoms with E-state index in [1.54, 1.807) is 7.05 Å². The van der Waals surface area contributed by atoms with E-state index in [4.69, 9.17) is 5.11 Å². The number of nitrogens with zero attached hydrogens (tertiary/aromatic N) is 2. The Labute approximate surface area is 93.1 Å². The summed E-state index contributed by atoms with van der Waals surface area (Å²) in [5.41, 5.74) is 0.373. The maximum Gasteiger partial charge on any atom is 0.303 e. The number of aromatic nitrogens is 2. The Kier molecular flexibility index (Phi) is 3.88. The largest absolute Gasteiger partial charge is 0.481 e. The molecule has 90 valence electrons. The summed E-state index contributed by atoms with van der Waals surface area (Å²) in [6, 6.07) is 0. The van der Waals surface area contributed by atoms with Crippen LogP contribution in [0.25, 0.3) is 0 Å². The van der Waals surface area contributed by atoms with Crippen molar-refractivity contribution in [3.63, 3.8) is 0 Å². The molecule has 0 radical (unpaired) electrons. The van der Waals surface area contributed by atoms with Crippen LogP contribution >= 0.6 is 0 Å². The number of hydrogen-bond donors (Lipinski definition) is 2. The van der Waals surface area contributed by atoms with E-state index in [9.17, 15) is 13.2 Å². The van der Waals surface area contributed by atoms with Gasteiger partial charge in [-0.25, -0.2) is 8.42 Å². The molecule has 0 atom stereocenters. The minimum atomic E-state index is -3.48. The summed E-state index contributed by atoms with van der Waals surface area (Å²) >= 11 is 0. The van der Waals surface area contributed by atoms with Gasteiger partial charge < -0.3 is 5.11 Å². The van der Waals surface area contributed by atoms with Gasteiger partial charge in [-0.3, -0.25) is 14.2 Å². The van der Waals surface area contributed by atoms with Crippen LogP contribution in [0.3, 0.4) is 0 Å². The van der Waals surface area contributed by atoms with Gasteiger partial charge in [-0.2, -0.15) is 5.10 Å². The molecule has 8 heteroatoms. The lowest BCUT2D eigenvalue weighted by Crippen LogP contribution is -2.17. The van der Waals surface area contributed by atoms with Gasteiger partial charge in [0.2, 0.25) is 10.0 Å². The third-order valence-corrected chi connectivity index (χ3v) is 3.15. The van der Waals surface area contributed by atoms with E-state index in [0.29, 0.717) is 5.69 Å². The lowest BCUT2D eigenvalue weighted by molar-refractivity contribution is -0.137. The fourth-order valence-corrected chi connectivity index (χ4v) is 2.21. The Hall–Kier alpha value is -1.57. The first-order valence-electron chi connectivity index (χ1n) is 4.60. The second kappa shape index (κ2) is 4.97. The van der Waals surface area contributed by atoms with Gasteiger partial charge in [-0.05, 0) is 6.42 Å². The van der Waals surface area contributed by atoms with Crippen molar-refractivity contribution in [3.8, 4) is 0 Å². The predicted molar refractivity (Wildman–Crippen MR) is 57.5 cm³/mol. The molecule has 0 aromatic carbocycles. The van der Waals surface area contributed by atoms with Gasteiger partial charge >= 0.3 is 5.97 Å². The van der Waals surface area contributed by atoms with Crippen LogP contribution in [0.2, 0.25) is 0 Å². The molecule has 0 amide bonds. The van der Waals surface area contributed by atoms with E-state index in [1.807, 2.05) is 0 Å². The van der Waals surface area contributed by atoms with Gasteiger partial charge in [0.25, 0.3) is 0 Å². The first kappa shape index (κ1) is 12.5. The van der Waals surface area contributed by atoms with E-state index < -0.39 is 16.0 Å². The van der Waals surface area contributed by atoms with Crippen molar-refractivity contribution in [2.75, 3.05) is 10.5 Å². The van der Waals surface area contributed by atoms with Crippen LogP contribution in [0.4, 0.5) is 5.69 Å². The average Bonchev–Trinajstić information content (AvgIpc) is 2.48. The number of nitrogens with one attached hydrogen (secondary N) is 1. The molecule has 0 saturated carbocycles. The number of rotatable bonds is 6. The van der Waals surface area contributed by atoms with Gasteiger partial charge in [-0.15, -0.1) is 0 Å². The number of carboxylic acids is 1. The Balaban J connectivity index is 2.49. The maximum absolute atomic E-state index is 11.4. The molecule has 1 heterocycles. The molecule has 0 bridgehead atoms. The van der Waals surface area contributed by atoms with E-state index in [-0.39, 0.29) is 18.6 Å². The summed E-state index contributed by atoms with van der Waals surface area (Å²) in [5, 5.41) is 12.2. The van der Waals surface area contributed by atoms with E-state index in [0.717, 1.165) is 0 Å². The highest BCUT2D eigenvalue weighted by atomic mass is 32.2. The second-order valence-corrected chi connectivity index (χ2v) is 5.16. The molecule has 0 spiro atoms. The minimum Gasteiger partial charge on any atom is -0.481 e. The molecule has 0 aliphatic rings. The summed E-state index contributed by atoms with van der Waals surface area (Å²) in [6.45, 7) is 0. The Morgan fingerprint density at radius 2 is 2.31 bits per heavy atom. The number of sulfonamides is 1. The Bertz CT molecular complexity index is 465. The average molecular weight is 247 g/mol. The number of anilines is 1.